The topological polar surface area (TPSA) is 77.6 Å². The second-order valence-corrected chi connectivity index (χ2v) is 7.97. The summed E-state index contributed by atoms with van der Waals surface area (Å²) in [5, 5.41) is 11.9. The van der Waals surface area contributed by atoms with Gasteiger partial charge in [-0.15, -0.1) is 0 Å². The lowest BCUT2D eigenvalue weighted by Gasteiger charge is -2.08. The third kappa shape index (κ3) is 3.99. The van der Waals surface area contributed by atoms with Crippen LogP contribution in [0.25, 0.3) is 5.69 Å². The number of nitrogens with zero attached hydrogens (tertiary/aromatic N) is 5. The number of nitrogens with one attached hydrogen (secondary N) is 1. The highest BCUT2D eigenvalue weighted by molar-refractivity contribution is 5.94. The minimum atomic E-state index is -0.120. The Labute approximate surface area is 180 Å². The molecule has 0 spiro atoms. The van der Waals surface area contributed by atoms with E-state index in [0.29, 0.717) is 18.8 Å². The Bertz CT molecular complexity index is 1210. The zero-order chi connectivity index (χ0) is 21.2. The number of carbonyl (C=O) groups excluding carboxylic acids is 1. The summed E-state index contributed by atoms with van der Waals surface area (Å²) in [6.45, 7) is 3.17. The molecule has 0 aliphatic heterocycles. The number of rotatable bonds is 6. The maximum absolute atomic E-state index is 13.0. The standard InChI is InChI=1S/C24H24N6O/c1-17-8-10-20(11-9-17)30-22-7-3-6-21(22)23(28-30)24(31)26-13-18-4-2-5-19(12-18)14-29-16-25-15-27-29/h2,4-5,8-12,15-16H,3,6-7,13-14H2,1H3,(H,26,31). The second kappa shape index (κ2) is 8.18. The lowest BCUT2D eigenvalue weighted by molar-refractivity contribution is 0.0944. The third-order valence-corrected chi connectivity index (χ3v) is 5.68. The van der Waals surface area contributed by atoms with Crippen LogP contribution in [0.2, 0.25) is 0 Å². The molecule has 1 aliphatic carbocycles. The first-order chi connectivity index (χ1) is 15.2. The molecule has 0 bridgehead atoms. The van der Waals surface area contributed by atoms with E-state index >= 15 is 0 Å². The van der Waals surface area contributed by atoms with Gasteiger partial charge in [0.25, 0.3) is 5.91 Å². The van der Waals surface area contributed by atoms with E-state index in [1.165, 1.54) is 11.9 Å². The smallest absolute Gasteiger partial charge is 0.272 e. The average molecular weight is 412 g/mol. The first-order valence-corrected chi connectivity index (χ1v) is 10.5. The Kier molecular flexibility index (Phi) is 5.08. The van der Waals surface area contributed by atoms with Crippen LogP contribution in [-0.4, -0.2) is 30.5 Å². The molecule has 5 rings (SSSR count). The Balaban J connectivity index is 1.32. The van der Waals surface area contributed by atoms with Crippen LogP contribution in [0.3, 0.4) is 0 Å². The summed E-state index contributed by atoms with van der Waals surface area (Å²) in [6.07, 6.45) is 6.13. The fourth-order valence-electron chi connectivity index (χ4n) is 4.12. The highest BCUT2D eigenvalue weighted by Gasteiger charge is 2.26. The van der Waals surface area contributed by atoms with E-state index in [1.807, 2.05) is 22.9 Å². The van der Waals surface area contributed by atoms with E-state index in [2.05, 4.69) is 52.7 Å². The molecule has 2 heterocycles. The Morgan fingerprint density at radius 1 is 1.10 bits per heavy atom. The Morgan fingerprint density at radius 3 is 2.74 bits per heavy atom. The monoisotopic (exact) mass is 412 g/mol. The lowest BCUT2D eigenvalue weighted by atomic mass is 10.1. The van der Waals surface area contributed by atoms with Crippen molar-refractivity contribution in [1.82, 2.24) is 29.9 Å². The number of aromatic nitrogens is 5. The number of aryl methyl sites for hydroxylation is 1. The minimum absolute atomic E-state index is 0.120. The molecule has 0 saturated heterocycles. The molecule has 4 aromatic rings. The number of amides is 1. The van der Waals surface area contributed by atoms with Gasteiger partial charge in [-0.1, -0.05) is 42.0 Å². The average Bonchev–Trinajstić information content (AvgIpc) is 3.51. The molecule has 1 amide bonds. The molecule has 1 aliphatic rings. The number of hydrogen-bond acceptors (Lipinski definition) is 4. The highest BCUT2D eigenvalue weighted by atomic mass is 16.1. The van der Waals surface area contributed by atoms with Gasteiger partial charge in [0, 0.05) is 17.8 Å². The maximum Gasteiger partial charge on any atom is 0.272 e. The minimum Gasteiger partial charge on any atom is -0.347 e. The molecule has 0 unspecified atom stereocenters. The fraction of sp³-hybridized carbons (Fsp3) is 0.250. The van der Waals surface area contributed by atoms with Gasteiger partial charge in [0.2, 0.25) is 0 Å². The summed E-state index contributed by atoms with van der Waals surface area (Å²) in [5.74, 6) is -0.120. The summed E-state index contributed by atoms with van der Waals surface area (Å²) in [5.41, 5.74) is 7.15. The van der Waals surface area contributed by atoms with Gasteiger partial charge in [0.15, 0.2) is 5.69 Å². The molecule has 2 aromatic heterocycles. The second-order valence-electron chi connectivity index (χ2n) is 7.97. The van der Waals surface area contributed by atoms with Crippen LogP contribution in [0.15, 0.2) is 61.2 Å². The van der Waals surface area contributed by atoms with Crippen molar-refractivity contribution < 1.29 is 4.79 Å². The fourth-order valence-corrected chi connectivity index (χ4v) is 4.12. The normalized spacial score (nSPS) is 12.7. The van der Waals surface area contributed by atoms with Gasteiger partial charge in [0.05, 0.1) is 12.2 Å². The number of fused-ring (bicyclic) bond motifs is 1. The van der Waals surface area contributed by atoms with Crippen LogP contribution in [-0.2, 0) is 25.9 Å². The van der Waals surface area contributed by atoms with Gasteiger partial charge in [-0.3, -0.25) is 4.79 Å². The van der Waals surface area contributed by atoms with Crippen LogP contribution in [0.1, 0.15) is 44.9 Å². The lowest BCUT2D eigenvalue weighted by Crippen LogP contribution is -2.24. The zero-order valence-electron chi connectivity index (χ0n) is 17.5. The van der Waals surface area contributed by atoms with Crippen molar-refractivity contribution in [3.05, 3.63) is 94.8 Å². The predicted molar refractivity (Wildman–Crippen MR) is 117 cm³/mol. The van der Waals surface area contributed by atoms with Crippen LogP contribution in [0.4, 0.5) is 0 Å². The van der Waals surface area contributed by atoms with Gasteiger partial charge < -0.3 is 5.32 Å². The van der Waals surface area contributed by atoms with Gasteiger partial charge in [-0.25, -0.2) is 14.3 Å². The Morgan fingerprint density at radius 2 is 1.94 bits per heavy atom. The van der Waals surface area contributed by atoms with Crippen LogP contribution >= 0.6 is 0 Å². The van der Waals surface area contributed by atoms with Crippen molar-refractivity contribution >= 4 is 5.91 Å². The van der Waals surface area contributed by atoms with Crippen molar-refractivity contribution in [3.8, 4) is 5.69 Å². The van der Waals surface area contributed by atoms with Crippen LogP contribution < -0.4 is 5.32 Å². The van der Waals surface area contributed by atoms with E-state index in [9.17, 15) is 4.79 Å². The quantitative estimate of drug-likeness (QED) is 0.527. The molecule has 0 saturated carbocycles. The van der Waals surface area contributed by atoms with Crippen molar-refractivity contribution in [2.24, 2.45) is 0 Å². The van der Waals surface area contributed by atoms with Crippen molar-refractivity contribution in [3.63, 3.8) is 0 Å². The first kappa shape index (κ1) is 19.2. The molecule has 0 fully saturated rings. The molecule has 1 N–H and O–H groups in total. The summed E-state index contributed by atoms with van der Waals surface area (Å²) in [6, 6.07) is 16.4. The molecule has 7 nitrogen and oxygen atoms in total. The Hall–Kier alpha value is -3.74. The third-order valence-electron chi connectivity index (χ3n) is 5.68. The van der Waals surface area contributed by atoms with Gasteiger partial charge in [-0.05, 0) is 49.4 Å². The number of hydrogen-bond donors (Lipinski definition) is 1. The van der Waals surface area contributed by atoms with Crippen molar-refractivity contribution in [2.45, 2.75) is 39.3 Å². The molecular formula is C24H24N6O. The van der Waals surface area contributed by atoms with E-state index in [4.69, 9.17) is 5.10 Å². The van der Waals surface area contributed by atoms with Crippen molar-refractivity contribution in [1.29, 1.82) is 0 Å². The molecule has 156 valence electrons. The molecule has 0 radical (unpaired) electrons. The summed E-state index contributed by atoms with van der Waals surface area (Å²) in [4.78, 5) is 17.0. The van der Waals surface area contributed by atoms with Gasteiger partial charge in [0.1, 0.15) is 12.7 Å². The van der Waals surface area contributed by atoms with E-state index < -0.39 is 0 Å². The van der Waals surface area contributed by atoms with Gasteiger partial charge >= 0.3 is 0 Å². The number of carbonyl (C=O) groups is 1. The zero-order valence-corrected chi connectivity index (χ0v) is 17.5. The van der Waals surface area contributed by atoms with E-state index in [1.54, 1.807) is 11.0 Å². The van der Waals surface area contributed by atoms with Crippen LogP contribution in [0.5, 0.6) is 0 Å². The molecule has 7 heteroatoms. The number of benzene rings is 2. The van der Waals surface area contributed by atoms with E-state index in [0.717, 1.165) is 47.3 Å². The molecule has 2 aromatic carbocycles. The van der Waals surface area contributed by atoms with Crippen molar-refractivity contribution in [2.75, 3.05) is 0 Å². The highest BCUT2D eigenvalue weighted by Crippen LogP contribution is 2.28. The largest absolute Gasteiger partial charge is 0.347 e. The SMILES string of the molecule is Cc1ccc(-n2nc(C(=O)NCc3cccc(Cn4cncn4)c3)c3c2CCC3)cc1. The predicted octanol–water partition coefficient (Wildman–Crippen LogP) is 3.24. The first-order valence-electron chi connectivity index (χ1n) is 10.5. The summed E-state index contributed by atoms with van der Waals surface area (Å²) in [7, 11) is 0. The van der Waals surface area contributed by atoms with E-state index in [-0.39, 0.29) is 5.91 Å². The van der Waals surface area contributed by atoms with Crippen LogP contribution in [0, 0.1) is 6.92 Å². The molecular weight excluding hydrogens is 388 g/mol. The molecule has 0 atom stereocenters. The van der Waals surface area contributed by atoms with Gasteiger partial charge in [-0.2, -0.15) is 10.2 Å². The summed E-state index contributed by atoms with van der Waals surface area (Å²) >= 11 is 0. The maximum atomic E-state index is 13.0. The summed E-state index contributed by atoms with van der Waals surface area (Å²) < 4.78 is 3.72. The molecule has 31 heavy (non-hydrogen) atoms.